The molecule has 278 valence electrons. The lowest BCUT2D eigenvalue weighted by Crippen LogP contribution is -2.49. The number of likely N-dealkylation sites (N-methyl/N-ethyl adjacent to an activating group) is 2. The molecule has 54 heavy (non-hydrogen) atoms. The number of hydrogen-bond donors (Lipinski definition) is 0. The summed E-state index contributed by atoms with van der Waals surface area (Å²) in [5.74, 6) is -0.995. The highest BCUT2D eigenvalue weighted by Crippen LogP contribution is 2.43. The van der Waals surface area contributed by atoms with E-state index in [1.165, 1.54) is 9.80 Å². The Kier molecular flexibility index (Phi) is 9.12. The summed E-state index contributed by atoms with van der Waals surface area (Å²) in [6.45, 7) is 3.97. The number of fused-ring (bicyclic) bond motifs is 2. The van der Waals surface area contributed by atoms with Crippen LogP contribution in [-0.2, 0) is 22.4 Å². The van der Waals surface area contributed by atoms with Gasteiger partial charge in [0.25, 0.3) is 0 Å². The first-order valence-electron chi connectivity index (χ1n) is 18.2. The van der Waals surface area contributed by atoms with E-state index in [1.54, 1.807) is 36.0 Å². The summed E-state index contributed by atoms with van der Waals surface area (Å²) in [5.41, 5.74) is 3.02. The van der Waals surface area contributed by atoms with Crippen LogP contribution in [0.4, 0.5) is 9.59 Å². The molecule has 2 fully saturated rings. The van der Waals surface area contributed by atoms with Crippen molar-refractivity contribution in [3.8, 4) is 23.0 Å². The van der Waals surface area contributed by atoms with Crippen molar-refractivity contribution in [2.45, 2.75) is 50.9 Å². The van der Waals surface area contributed by atoms with Crippen LogP contribution in [0.1, 0.15) is 48.2 Å². The van der Waals surface area contributed by atoms with Gasteiger partial charge in [0.2, 0.25) is 25.4 Å². The summed E-state index contributed by atoms with van der Waals surface area (Å²) < 4.78 is 22.5. The Morgan fingerprint density at radius 3 is 1.33 bits per heavy atom. The van der Waals surface area contributed by atoms with E-state index in [4.69, 9.17) is 18.9 Å². The highest BCUT2D eigenvalue weighted by atomic mass is 16.7. The molecule has 0 N–H and O–H groups in total. The lowest BCUT2D eigenvalue weighted by molar-refractivity contribution is -0.144. The number of carbonyl (C=O) groups excluding carboxylic acids is 4. The molecule has 4 aliphatic heterocycles. The van der Waals surface area contributed by atoms with Gasteiger partial charge in [-0.1, -0.05) is 72.8 Å². The second kappa shape index (κ2) is 14.1. The smallest absolute Gasteiger partial charge is 0.327 e. The first kappa shape index (κ1) is 35.0. The molecule has 0 spiro atoms. The van der Waals surface area contributed by atoms with E-state index >= 15 is 9.59 Å². The third kappa shape index (κ3) is 6.05. The van der Waals surface area contributed by atoms with Crippen molar-refractivity contribution in [3.05, 3.63) is 119 Å². The molecule has 4 aromatic rings. The van der Waals surface area contributed by atoms with Gasteiger partial charge in [-0.25, -0.2) is 9.59 Å². The number of carbonyl (C=O) groups is 4. The molecular weight excluding hydrogens is 688 g/mol. The van der Waals surface area contributed by atoms with Crippen LogP contribution in [0.5, 0.6) is 23.0 Å². The minimum atomic E-state index is -1.09. The monoisotopic (exact) mass is 730 g/mol. The molecule has 6 atom stereocenters. The molecule has 12 nitrogen and oxygen atoms in total. The molecule has 0 aromatic heterocycles. The zero-order chi connectivity index (χ0) is 37.7. The molecule has 0 bridgehead atoms. The summed E-state index contributed by atoms with van der Waals surface area (Å²) >= 11 is 0. The Morgan fingerprint density at radius 1 is 0.574 bits per heavy atom. The number of ether oxygens (including phenoxy) is 4. The van der Waals surface area contributed by atoms with Crippen LogP contribution in [-0.4, -0.2) is 83.2 Å². The Balaban J connectivity index is 1.27. The molecule has 4 aromatic carbocycles. The molecular formula is C42H42N4O8. The minimum Gasteiger partial charge on any atom is -0.454 e. The molecule has 4 aliphatic rings. The normalized spacial score (nSPS) is 22.6. The second-order valence-electron chi connectivity index (χ2n) is 14.4. The van der Waals surface area contributed by atoms with Crippen molar-refractivity contribution < 1.29 is 38.1 Å². The van der Waals surface area contributed by atoms with Crippen LogP contribution in [0.15, 0.2) is 97.1 Å². The summed E-state index contributed by atoms with van der Waals surface area (Å²) in [6.07, 6.45) is 0.145. The van der Waals surface area contributed by atoms with Crippen molar-refractivity contribution in [1.82, 2.24) is 19.6 Å². The van der Waals surface area contributed by atoms with E-state index in [1.807, 2.05) is 98.8 Å². The van der Waals surface area contributed by atoms with Gasteiger partial charge in [-0.3, -0.25) is 19.4 Å². The maximum Gasteiger partial charge on any atom is 0.327 e. The first-order valence-corrected chi connectivity index (χ1v) is 18.2. The third-order valence-corrected chi connectivity index (χ3v) is 11.4. The Hall–Kier alpha value is -6.04. The van der Waals surface area contributed by atoms with E-state index < -0.39 is 47.8 Å². The van der Waals surface area contributed by atoms with Crippen molar-refractivity contribution in [2.24, 2.45) is 11.8 Å². The van der Waals surface area contributed by atoms with Gasteiger partial charge in [0.1, 0.15) is 0 Å². The van der Waals surface area contributed by atoms with E-state index in [-0.39, 0.29) is 38.5 Å². The molecule has 0 saturated carbocycles. The largest absolute Gasteiger partial charge is 0.454 e. The van der Waals surface area contributed by atoms with Gasteiger partial charge in [-0.15, -0.1) is 0 Å². The maximum absolute atomic E-state index is 15.5. The molecule has 0 aliphatic carbocycles. The average Bonchev–Trinajstić information content (AvgIpc) is 3.96. The van der Waals surface area contributed by atoms with Crippen LogP contribution in [0.25, 0.3) is 0 Å². The zero-order valence-corrected chi connectivity index (χ0v) is 30.6. The summed E-state index contributed by atoms with van der Waals surface area (Å²) in [6, 6.07) is 26.9. The maximum atomic E-state index is 15.5. The van der Waals surface area contributed by atoms with Crippen LogP contribution in [0.2, 0.25) is 0 Å². The molecule has 6 amide bonds. The van der Waals surface area contributed by atoms with Crippen molar-refractivity contribution >= 4 is 23.9 Å². The second-order valence-corrected chi connectivity index (χ2v) is 14.4. The van der Waals surface area contributed by atoms with Crippen molar-refractivity contribution in [1.29, 1.82) is 0 Å². The van der Waals surface area contributed by atoms with Crippen molar-refractivity contribution in [2.75, 3.05) is 27.7 Å². The number of imide groups is 2. The van der Waals surface area contributed by atoms with Gasteiger partial charge in [-0.05, 0) is 73.2 Å². The van der Waals surface area contributed by atoms with Gasteiger partial charge in [0.05, 0.1) is 36.0 Å². The quantitative estimate of drug-likeness (QED) is 0.200. The fourth-order valence-electron chi connectivity index (χ4n) is 8.20. The Labute approximate surface area is 313 Å². The van der Waals surface area contributed by atoms with E-state index in [0.717, 1.165) is 11.1 Å². The third-order valence-electron chi connectivity index (χ3n) is 11.4. The topological polar surface area (TPSA) is 118 Å². The fraction of sp³-hybridized carbons (Fsp3) is 0.333. The SMILES string of the molecule is C[C@H]1[C@@H](c2ccccc2)N(C(=O)[C@@H](Cc2ccc3c(c2)OCO3)[C@@H](Cc2ccc3c(c2)OCO3)C(=O)N2C(=O)N(C)[C@@H](C)[C@H]2c2ccccc2)C(=O)N1C. The molecule has 8 rings (SSSR count). The highest BCUT2D eigenvalue weighted by Gasteiger charge is 2.53. The van der Waals surface area contributed by atoms with Gasteiger partial charge in [-0.2, -0.15) is 0 Å². The van der Waals surface area contributed by atoms with E-state index in [0.29, 0.717) is 34.1 Å². The highest BCUT2D eigenvalue weighted by molar-refractivity contribution is 6.03. The minimum absolute atomic E-state index is 0.0707. The van der Waals surface area contributed by atoms with Crippen molar-refractivity contribution in [3.63, 3.8) is 0 Å². The number of urea groups is 2. The number of nitrogens with zero attached hydrogens (tertiary/aromatic N) is 4. The van der Waals surface area contributed by atoms with Crippen LogP contribution in [0, 0.1) is 11.8 Å². The predicted molar refractivity (Wildman–Crippen MR) is 197 cm³/mol. The summed E-state index contributed by atoms with van der Waals surface area (Å²) in [5, 5.41) is 0. The van der Waals surface area contributed by atoms with Gasteiger partial charge in [0, 0.05) is 14.1 Å². The van der Waals surface area contributed by atoms with Crippen LogP contribution in [0.3, 0.4) is 0 Å². The zero-order valence-electron chi connectivity index (χ0n) is 30.6. The number of rotatable bonds is 9. The molecule has 2 saturated heterocycles. The van der Waals surface area contributed by atoms with Gasteiger partial charge < -0.3 is 28.7 Å². The molecule has 0 unspecified atom stereocenters. The molecule has 12 heteroatoms. The van der Waals surface area contributed by atoms with E-state index in [2.05, 4.69) is 0 Å². The summed E-state index contributed by atoms with van der Waals surface area (Å²) in [7, 11) is 3.37. The van der Waals surface area contributed by atoms with Crippen LogP contribution < -0.4 is 18.9 Å². The molecule has 4 heterocycles. The Bertz CT molecular complexity index is 1950. The lowest BCUT2D eigenvalue weighted by Gasteiger charge is -2.34. The van der Waals surface area contributed by atoms with Gasteiger partial charge in [0.15, 0.2) is 23.0 Å². The van der Waals surface area contributed by atoms with Crippen LogP contribution >= 0.6 is 0 Å². The van der Waals surface area contributed by atoms with E-state index in [9.17, 15) is 9.59 Å². The van der Waals surface area contributed by atoms with Gasteiger partial charge >= 0.3 is 12.1 Å². The number of hydrogen-bond acceptors (Lipinski definition) is 8. The first-order chi connectivity index (χ1) is 26.1. The fourth-order valence-corrected chi connectivity index (χ4v) is 8.20. The predicted octanol–water partition coefficient (Wildman–Crippen LogP) is 6.21. The standard InChI is InChI=1S/C42H42N4O8/c1-25-37(29-11-7-5-8-12-29)45(41(49)43(25)3)39(47)31(19-27-15-17-33-35(21-27)53-23-51-33)32(20-28-16-18-34-36(22-28)54-24-52-34)40(48)46-38(26(2)44(4)42(46)50)30-13-9-6-10-14-30/h5-18,21-22,25-26,31-32,37-38H,19-20,23-24H2,1-4H3/t25-,26-,31-,32+,37-,38-/m0/s1. The number of benzene rings is 4. The lowest BCUT2D eigenvalue weighted by atomic mass is 9.79. The molecule has 0 radical (unpaired) electrons. The summed E-state index contributed by atoms with van der Waals surface area (Å²) in [4.78, 5) is 65.1. The number of amides is 6. The average molecular weight is 731 g/mol. The Morgan fingerprint density at radius 2 is 0.944 bits per heavy atom.